The van der Waals surface area contributed by atoms with E-state index < -0.39 is 6.10 Å². The van der Waals surface area contributed by atoms with E-state index in [0.29, 0.717) is 16.3 Å². The van der Waals surface area contributed by atoms with Crippen LogP contribution in [-0.2, 0) is 0 Å². The molecule has 0 saturated heterocycles. The Morgan fingerprint density at radius 3 is 2.53 bits per heavy atom. The van der Waals surface area contributed by atoms with Gasteiger partial charge in [-0.3, -0.25) is 4.79 Å². The smallest absolute Gasteiger partial charge is 0.251 e. The maximum Gasteiger partial charge on any atom is 0.251 e. The molecular weight excluding hydrogens is 264 g/mol. The molecule has 19 heavy (non-hydrogen) atoms. The van der Waals surface area contributed by atoms with Crippen molar-refractivity contribution in [2.45, 2.75) is 32.8 Å². The summed E-state index contributed by atoms with van der Waals surface area (Å²) in [6.07, 6.45) is 1.24. The number of hydrogen-bond donors (Lipinski definition) is 3. The standard InChI is InChI=1S/C14H21ClN2O2/c1-3-9(4-2)13(18)8-17-14(19)10-5-11(15)7-12(16)6-10/h5-7,9,13,18H,3-4,8,16H2,1-2H3,(H,17,19). The van der Waals surface area contributed by atoms with Gasteiger partial charge in [0.15, 0.2) is 0 Å². The molecule has 0 saturated carbocycles. The number of rotatable bonds is 6. The van der Waals surface area contributed by atoms with Crippen LogP contribution < -0.4 is 11.1 Å². The molecule has 0 aliphatic heterocycles. The minimum Gasteiger partial charge on any atom is -0.399 e. The summed E-state index contributed by atoms with van der Waals surface area (Å²) in [5.74, 6) is -0.0797. The fourth-order valence-corrected chi connectivity index (χ4v) is 2.29. The van der Waals surface area contributed by atoms with Gasteiger partial charge in [0, 0.05) is 22.8 Å². The zero-order chi connectivity index (χ0) is 14.4. The lowest BCUT2D eigenvalue weighted by atomic mass is 9.96. The summed E-state index contributed by atoms with van der Waals surface area (Å²) >= 11 is 5.84. The Hall–Kier alpha value is -1.26. The van der Waals surface area contributed by atoms with Gasteiger partial charge in [-0.25, -0.2) is 0 Å². The number of hydrogen-bond acceptors (Lipinski definition) is 3. The average Bonchev–Trinajstić information content (AvgIpc) is 2.36. The van der Waals surface area contributed by atoms with Crippen molar-refractivity contribution in [3.63, 3.8) is 0 Å². The van der Waals surface area contributed by atoms with Crippen molar-refractivity contribution in [3.8, 4) is 0 Å². The van der Waals surface area contributed by atoms with E-state index >= 15 is 0 Å². The van der Waals surface area contributed by atoms with Gasteiger partial charge in [0.2, 0.25) is 0 Å². The van der Waals surface area contributed by atoms with E-state index in [1.54, 1.807) is 18.2 Å². The number of anilines is 1. The monoisotopic (exact) mass is 284 g/mol. The van der Waals surface area contributed by atoms with Crippen LogP contribution in [0.5, 0.6) is 0 Å². The second kappa shape index (κ2) is 7.36. The maximum absolute atomic E-state index is 11.9. The quantitative estimate of drug-likeness (QED) is 0.702. The molecule has 0 aliphatic rings. The lowest BCUT2D eigenvalue weighted by molar-refractivity contribution is 0.0816. The first-order chi connectivity index (χ1) is 8.97. The van der Waals surface area contributed by atoms with Crippen LogP contribution in [0.1, 0.15) is 37.0 Å². The van der Waals surface area contributed by atoms with Gasteiger partial charge >= 0.3 is 0 Å². The lowest BCUT2D eigenvalue weighted by Gasteiger charge is -2.20. The summed E-state index contributed by atoms with van der Waals surface area (Å²) < 4.78 is 0. The Morgan fingerprint density at radius 1 is 1.37 bits per heavy atom. The molecule has 0 radical (unpaired) electrons. The minimum atomic E-state index is -0.532. The number of benzene rings is 1. The first-order valence-electron chi connectivity index (χ1n) is 6.50. The highest BCUT2D eigenvalue weighted by molar-refractivity contribution is 6.31. The van der Waals surface area contributed by atoms with Crippen molar-refractivity contribution in [1.29, 1.82) is 0 Å². The third kappa shape index (κ3) is 4.73. The van der Waals surface area contributed by atoms with Crippen molar-refractivity contribution >= 4 is 23.2 Å². The fourth-order valence-electron chi connectivity index (χ4n) is 2.04. The summed E-state index contributed by atoms with van der Waals surface area (Å²) in [7, 11) is 0. The molecule has 1 aromatic rings. The number of carbonyl (C=O) groups is 1. The molecule has 0 aliphatic carbocycles. The van der Waals surface area contributed by atoms with Crippen LogP contribution in [0.15, 0.2) is 18.2 Å². The lowest BCUT2D eigenvalue weighted by Crippen LogP contribution is -2.36. The molecule has 1 amide bonds. The van der Waals surface area contributed by atoms with Gasteiger partial charge in [-0.2, -0.15) is 0 Å². The normalized spacial score (nSPS) is 12.5. The summed E-state index contributed by atoms with van der Waals surface area (Å²) in [5, 5.41) is 13.1. The molecular formula is C14H21ClN2O2. The zero-order valence-electron chi connectivity index (χ0n) is 11.3. The van der Waals surface area contributed by atoms with Crippen LogP contribution in [0.2, 0.25) is 5.02 Å². The van der Waals surface area contributed by atoms with Crippen molar-refractivity contribution in [2.24, 2.45) is 5.92 Å². The van der Waals surface area contributed by atoms with E-state index in [2.05, 4.69) is 5.32 Å². The van der Waals surface area contributed by atoms with E-state index in [1.807, 2.05) is 13.8 Å². The number of amides is 1. The van der Waals surface area contributed by atoms with E-state index in [1.165, 1.54) is 0 Å². The maximum atomic E-state index is 11.9. The number of carbonyl (C=O) groups excluding carboxylic acids is 1. The van der Waals surface area contributed by atoms with Gasteiger partial charge < -0.3 is 16.2 Å². The fraction of sp³-hybridized carbons (Fsp3) is 0.500. The van der Waals surface area contributed by atoms with Gasteiger partial charge in [-0.1, -0.05) is 38.3 Å². The van der Waals surface area contributed by atoms with Crippen LogP contribution in [0.25, 0.3) is 0 Å². The molecule has 106 valence electrons. The third-order valence-electron chi connectivity index (χ3n) is 3.25. The highest BCUT2D eigenvalue weighted by Crippen LogP contribution is 2.17. The number of nitrogen functional groups attached to an aromatic ring is 1. The van der Waals surface area contributed by atoms with E-state index in [4.69, 9.17) is 17.3 Å². The first-order valence-corrected chi connectivity index (χ1v) is 6.88. The highest BCUT2D eigenvalue weighted by Gasteiger charge is 2.16. The first kappa shape index (κ1) is 15.8. The average molecular weight is 285 g/mol. The SMILES string of the molecule is CCC(CC)C(O)CNC(=O)c1cc(N)cc(Cl)c1. The Balaban J connectivity index is 2.60. The number of nitrogens with one attached hydrogen (secondary N) is 1. The van der Waals surface area contributed by atoms with E-state index in [9.17, 15) is 9.90 Å². The van der Waals surface area contributed by atoms with E-state index in [-0.39, 0.29) is 18.4 Å². The van der Waals surface area contributed by atoms with Crippen LogP contribution in [0.3, 0.4) is 0 Å². The van der Waals surface area contributed by atoms with Gasteiger partial charge in [0.1, 0.15) is 0 Å². The Labute approximate surface area is 118 Å². The molecule has 0 bridgehead atoms. The van der Waals surface area contributed by atoms with E-state index in [0.717, 1.165) is 12.8 Å². The minimum absolute atomic E-state index is 0.199. The second-order valence-corrected chi connectivity index (χ2v) is 5.06. The molecule has 1 aromatic carbocycles. The molecule has 0 fully saturated rings. The third-order valence-corrected chi connectivity index (χ3v) is 3.47. The zero-order valence-corrected chi connectivity index (χ0v) is 12.1. The topological polar surface area (TPSA) is 75.3 Å². The molecule has 4 N–H and O–H groups in total. The molecule has 1 rings (SSSR count). The van der Waals surface area contributed by atoms with Crippen LogP contribution in [0, 0.1) is 5.92 Å². The number of nitrogens with two attached hydrogens (primary N) is 1. The molecule has 1 unspecified atom stereocenters. The summed E-state index contributed by atoms with van der Waals surface area (Å²) in [4.78, 5) is 11.9. The number of aliphatic hydroxyl groups is 1. The Kier molecular flexibility index (Phi) is 6.12. The van der Waals surface area contributed by atoms with Crippen molar-refractivity contribution < 1.29 is 9.90 Å². The van der Waals surface area contributed by atoms with Gasteiger partial charge in [-0.05, 0) is 24.1 Å². The Bertz CT molecular complexity index is 413. The molecule has 5 heteroatoms. The second-order valence-electron chi connectivity index (χ2n) is 4.63. The summed E-state index contributed by atoms with van der Waals surface area (Å²) in [5.41, 5.74) is 6.48. The van der Waals surface area contributed by atoms with Crippen LogP contribution in [0.4, 0.5) is 5.69 Å². The highest BCUT2D eigenvalue weighted by atomic mass is 35.5. The predicted octanol–water partition coefficient (Wildman–Crippen LogP) is 2.45. The van der Waals surface area contributed by atoms with Crippen LogP contribution >= 0.6 is 11.6 Å². The molecule has 4 nitrogen and oxygen atoms in total. The molecule has 0 heterocycles. The number of aliphatic hydroxyl groups excluding tert-OH is 1. The van der Waals surface area contributed by atoms with Gasteiger partial charge in [-0.15, -0.1) is 0 Å². The predicted molar refractivity (Wildman–Crippen MR) is 78.3 cm³/mol. The largest absolute Gasteiger partial charge is 0.399 e. The molecule has 1 atom stereocenters. The van der Waals surface area contributed by atoms with Crippen LogP contribution in [-0.4, -0.2) is 23.7 Å². The molecule has 0 spiro atoms. The van der Waals surface area contributed by atoms with Gasteiger partial charge in [0.25, 0.3) is 5.91 Å². The number of halogens is 1. The van der Waals surface area contributed by atoms with Gasteiger partial charge in [0.05, 0.1) is 6.10 Å². The Morgan fingerprint density at radius 2 is 2.00 bits per heavy atom. The summed E-state index contributed by atoms with van der Waals surface area (Å²) in [6.45, 7) is 4.28. The van der Waals surface area contributed by atoms with Crippen molar-refractivity contribution in [2.75, 3.05) is 12.3 Å². The van der Waals surface area contributed by atoms with Crippen molar-refractivity contribution in [1.82, 2.24) is 5.32 Å². The van der Waals surface area contributed by atoms with Crippen molar-refractivity contribution in [3.05, 3.63) is 28.8 Å². The molecule has 0 aromatic heterocycles. The summed E-state index contributed by atoms with van der Waals surface area (Å²) in [6, 6.07) is 4.69.